The van der Waals surface area contributed by atoms with Gasteiger partial charge in [0.15, 0.2) is 23.0 Å². The monoisotopic (exact) mass is 922 g/mol. The summed E-state index contributed by atoms with van der Waals surface area (Å²) in [5.41, 5.74) is 14.2. The maximum absolute atomic E-state index is 14.4. The van der Waals surface area contributed by atoms with Gasteiger partial charge in [0.05, 0.1) is 65.9 Å². The van der Waals surface area contributed by atoms with Crippen molar-refractivity contribution >= 4 is 36.0 Å². The summed E-state index contributed by atoms with van der Waals surface area (Å²) in [6.45, 7) is 5.23. The van der Waals surface area contributed by atoms with Gasteiger partial charge in [0.1, 0.15) is 0 Å². The minimum atomic E-state index is -2.14. The number of nitrogens with two attached hydrogens (primary N) is 2. The first-order chi connectivity index (χ1) is 32.6. The highest BCUT2D eigenvalue weighted by molar-refractivity contribution is 6.02. The Kier molecular flexibility index (Phi) is 23.0. The lowest BCUT2D eigenvalue weighted by Crippen LogP contribution is -2.56. The summed E-state index contributed by atoms with van der Waals surface area (Å²) in [7, 11) is 3.11. The molecule has 2 atom stereocenters. The molecule has 4 N–H and O–H groups in total. The number of hydrogen-bond donors (Lipinski definition) is 2. The van der Waals surface area contributed by atoms with Gasteiger partial charge >= 0.3 is 23.9 Å². The zero-order chi connectivity index (χ0) is 48.3. The Balaban J connectivity index is 1.28. The van der Waals surface area contributed by atoms with E-state index in [0.717, 1.165) is 11.1 Å². The molecule has 4 aromatic carbocycles. The van der Waals surface area contributed by atoms with Gasteiger partial charge in [-0.05, 0) is 124 Å². The van der Waals surface area contributed by atoms with E-state index >= 15 is 0 Å². The van der Waals surface area contributed by atoms with Crippen molar-refractivity contribution in [3.63, 3.8) is 0 Å². The summed E-state index contributed by atoms with van der Waals surface area (Å²) in [5.74, 6) is -0.328. The van der Waals surface area contributed by atoms with Crippen molar-refractivity contribution < 1.29 is 57.1 Å². The van der Waals surface area contributed by atoms with Gasteiger partial charge in [-0.1, -0.05) is 72.8 Å². The molecule has 0 aromatic heterocycles. The van der Waals surface area contributed by atoms with Crippen LogP contribution in [0.2, 0.25) is 0 Å². The fourth-order valence-corrected chi connectivity index (χ4v) is 7.21. The van der Waals surface area contributed by atoms with E-state index in [4.69, 9.17) is 49.4 Å². The minimum absolute atomic E-state index is 0.00163. The van der Waals surface area contributed by atoms with E-state index in [-0.39, 0.29) is 26.4 Å². The zero-order valence-corrected chi connectivity index (χ0v) is 39.2. The third kappa shape index (κ3) is 16.3. The third-order valence-electron chi connectivity index (χ3n) is 10.8. The van der Waals surface area contributed by atoms with E-state index in [0.29, 0.717) is 98.7 Å². The third-order valence-corrected chi connectivity index (χ3v) is 10.8. The van der Waals surface area contributed by atoms with Crippen LogP contribution in [0.5, 0.6) is 23.0 Å². The molecule has 0 spiro atoms. The molecule has 0 fully saturated rings. The number of benzene rings is 4. The number of hydrogen-bond acceptors (Lipinski definition) is 14. The van der Waals surface area contributed by atoms with Crippen LogP contribution in [0.15, 0.2) is 109 Å². The zero-order valence-electron chi connectivity index (χ0n) is 39.2. The number of rotatable bonds is 30. The largest absolute Gasteiger partial charge is 0.493 e. The smallest absolute Gasteiger partial charge is 0.330 e. The fourth-order valence-electron chi connectivity index (χ4n) is 7.21. The summed E-state index contributed by atoms with van der Waals surface area (Å²) in [5, 5.41) is 0. The highest BCUT2D eigenvalue weighted by Crippen LogP contribution is 2.45. The second kappa shape index (κ2) is 29.1. The van der Waals surface area contributed by atoms with Gasteiger partial charge in [-0.2, -0.15) is 0 Å². The Morgan fingerprint density at radius 2 is 0.851 bits per heavy atom. The number of carbonyl (C=O) groups excluding carboxylic acids is 4. The molecule has 0 heterocycles. The molecular weight excluding hydrogens is 857 g/mol. The standard InChI is InChI=1S/C53H66N2O12/c1-5-62-43-29-25-39(37-45(43)60-3)27-31-47(56)64-33-17-7-9-19-35-66-51(58)53(49(54)41-21-13-11-14-22-41,50(55)42-23-15-12-16-24-42)52(59)67-36-20-10-8-18-34-65-48(57)32-28-40-26-30-44(63-6-2)46(38-40)61-4/h11-16,21-32,37-38,49-50H,5-10,17-20,33-36,54-55H2,1-4H3/b31-27+,32-28+. The average molecular weight is 923 g/mol. The molecule has 0 aliphatic rings. The molecule has 4 aromatic rings. The second-order valence-corrected chi connectivity index (χ2v) is 15.4. The first kappa shape index (κ1) is 53.0. The van der Waals surface area contributed by atoms with Crippen molar-refractivity contribution in [2.24, 2.45) is 16.9 Å². The van der Waals surface area contributed by atoms with Gasteiger partial charge in [0, 0.05) is 12.2 Å². The Morgan fingerprint density at radius 3 is 1.19 bits per heavy atom. The fraction of sp³-hybridized carbons (Fsp3) is 0.396. The van der Waals surface area contributed by atoms with Crippen molar-refractivity contribution in [2.45, 2.75) is 77.3 Å². The second-order valence-electron chi connectivity index (χ2n) is 15.4. The Morgan fingerprint density at radius 1 is 0.493 bits per heavy atom. The molecule has 360 valence electrons. The van der Waals surface area contributed by atoms with E-state index in [1.807, 2.05) is 38.1 Å². The number of esters is 4. The quantitative estimate of drug-likeness (QED) is 0.0165. The lowest BCUT2D eigenvalue weighted by molar-refractivity contribution is -0.177. The Bertz CT molecular complexity index is 2040. The highest BCUT2D eigenvalue weighted by Gasteiger charge is 2.59. The maximum atomic E-state index is 14.4. The lowest BCUT2D eigenvalue weighted by atomic mass is 9.69. The number of carbonyl (C=O) groups is 4. The maximum Gasteiger partial charge on any atom is 0.330 e. The van der Waals surface area contributed by atoms with Gasteiger partial charge in [0.2, 0.25) is 5.41 Å². The van der Waals surface area contributed by atoms with Crippen LogP contribution in [-0.2, 0) is 38.1 Å². The molecular formula is C53H66N2O12. The minimum Gasteiger partial charge on any atom is -0.493 e. The Labute approximate surface area is 394 Å². The molecule has 14 nitrogen and oxygen atoms in total. The number of unbranched alkanes of at least 4 members (excludes halogenated alkanes) is 6. The van der Waals surface area contributed by atoms with Crippen molar-refractivity contribution in [1.29, 1.82) is 0 Å². The van der Waals surface area contributed by atoms with E-state index in [2.05, 4.69) is 0 Å². The lowest BCUT2D eigenvalue weighted by Gasteiger charge is -2.39. The molecule has 0 aliphatic carbocycles. The van der Waals surface area contributed by atoms with Gasteiger partial charge in [-0.15, -0.1) is 0 Å². The van der Waals surface area contributed by atoms with Gasteiger partial charge in [0.25, 0.3) is 0 Å². The predicted molar refractivity (Wildman–Crippen MR) is 256 cm³/mol. The molecule has 0 amide bonds. The molecule has 0 saturated heterocycles. The molecule has 4 rings (SSSR count). The number of ether oxygens (including phenoxy) is 8. The molecule has 0 bridgehead atoms. The summed E-state index contributed by atoms with van der Waals surface area (Å²) >= 11 is 0. The van der Waals surface area contributed by atoms with E-state index in [1.54, 1.807) is 99.2 Å². The van der Waals surface area contributed by atoms with Crippen molar-refractivity contribution in [1.82, 2.24) is 0 Å². The van der Waals surface area contributed by atoms with Crippen LogP contribution in [-0.4, -0.2) is 77.7 Å². The average Bonchev–Trinajstić information content (AvgIpc) is 3.35. The molecule has 0 saturated carbocycles. The van der Waals surface area contributed by atoms with E-state index in [9.17, 15) is 19.2 Å². The van der Waals surface area contributed by atoms with Crippen LogP contribution in [0.1, 0.15) is 99.6 Å². The molecule has 0 radical (unpaired) electrons. The molecule has 14 heteroatoms. The predicted octanol–water partition coefficient (Wildman–Crippen LogP) is 8.91. The van der Waals surface area contributed by atoms with Gasteiger partial charge in [-0.3, -0.25) is 9.59 Å². The van der Waals surface area contributed by atoms with Crippen LogP contribution in [0, 0.1) is 5.41 Å². The normalized spacial score (nSPS) is 12.3. The summed E-state index contributed by atoms with van der Waals surface area (Å²) in [6.07, 6.45) is 10.9. The summed E-state index contributed by atoms with van der Waals surface area (Å²) in [4.78, 5) is 53.6. The van der Waals surface area contributed by atoms with Crippen LogP contribution < -0.4 is 30.4 Å². The van der Waals surface area contributed by atoms with Crippen molar-refractivity contribution in [3.8, 4) is 23.0 Å². The first-order valence-electron chi connectivity index (χ1n) is 22.9. The first-order valence-corrected chi connectivity index (χ1v) is 22.9. The van der Waals surface area contributed by atoms with Gasteiger partial charge < -0.3 is 49.4 Å². The molecule has 2 unspecified atom stereocenters. The SMILES string of the molecule is CCOc1ccc(/C=C/C(=O)OCCCCCCOC(=O)C(C(=O)OCCCCCCOC(=O)/C=C/c2ccc(OCC)c(OC)c2)(C(N)c2ccccc2)C(N)c2ccccc2)cc1OC. The number of methoxy groups -OCH3 is 2. The summed E-state index contributed by atoms with van der Waals surface area (Å²) in [6, 6.07) is 25.9. The van der Waals surface area contributed by atoms with Crippen LogP contribution >= 0.6 is 0 Å². The molecule has 67 heavy (non-hydrogen) atoms. The van der Waals surface area contributed by atoms with Crippen LogP contribution in [0.25, 0.3) is 12.2 Å². The van der Waals surface area contributed by atoms with Crippen molar-refractivity contribution in [2.75, 3.05) is 53.9 Å². The van der Waals surface area contributed by atoms with Crippen molar-refractivity contribution in [3.05, 3.63) is 131 Å². The van der Waals surface area contributed by atoms with E-state index < -0.39 is 41.4 Å². The van der Waals surface area contributed by atoms with Crippen LogP contribution in [0.3, 0.4) is 0 Å². The Hall–Kier alpha value is -6.64. The highest BCUT2D eigenvalue weighted by atomic mass is 16.6. The molecule has 0 aliphatic heterocycles. The van der Waals surface area contributed by atoms with E-state index in [1.165, 1.54) is 12.2 Å². The summed E-state index contributed by atoms with van der Waals surface area (Å²) < 4.78 is 44.3. The van der Waals surface area contributed by atoms with Crippen LogP contribution in [0.4, 0.5) is 0 Å². The topological polar surface area (TPSA) is 194 Å². The van der Waals surface area contributed by atoms with Gasteiger partial charge in [-0.25, -0.2) is 9.59 Å².